The van der Waals surface area contributed by atoms with E-state index >= 15 is 0 Å². The van der Waals surface area contributed by atoms with Crippen LogP contribution in [0.3, 0.4) is 0 Å². The molecule has 1 atom stereocenters. The van der Waals surface area contributed by atoms with Gasteiger partial charge in [-0.1, -0.05) is 24.3 Å². The Morgan fingerprint density at radius 3 is 2.45 bits per heavy atom. The van der Waals surface area contributed by atoms with E-state index in [4.69, 9.17) is 0 Å². The summed E-state index contributed by atoms with van der Waals surface area (Å²) in [7, 11) is 0. The van der Waals surface area contributed by atoms with Gasteiger partial charge in [0.2, 0.25) is 11.8 Å². The molecule has 1 aromatic rings. The quantitative estimate of drug-likeness (QED) is 0.673. The van der Waals surface area contributed by atoms with Crippen molar-refractivity contribution in [1.82, 2.24) is 10.2 Å². The number of nitrogens with one attached hydrogen (secondary N) is 1. The van der Waals surface area contributed by atoms with Crippen LogP contribution in [-0.4, -0.2) is 29.3 Å². The van der Waals surface area contributed by atoms with Gasteiger partial charge < -0.3 is 0 Å². The SMILES string of the molecule is C=C(C)CN1C(=O)NC(=O)C(c2ccc(F)cc2)C1=O. The van der Waals surface area contributed by atoms with Crippen LogP contribution >= 0.6 is 0 Å². The second kappa shape index (κ2) is 5.24. The number of hydrogen-bond acceptors (Lipinski definition) is 3. The maximum absolute atomic E-state index is 12.9. The Morgan fingerprint density at radius 2 is 1.90 bits per heavy atom. The molecule has 20 heavy (non-hydrogen) atoms. The van der Waals surface area contributed by atoms with Gasteiger partial charge in [-0.05, 0) is 24.6 Å². The second-order valence-electron chi connectivity index (χ2n) is 4.66. The van der Waals surface area contributed by atoms with Crippen LogP contribution in [0.4, 0.5) is 9.18 Å². The third kappa shape index (κ3) is 2.59. The van der Waals surface area contributed by atoms with Gasteiger partial charge in [0.15, 0.2) is 0 Å². The van der Waals surface area contributed by atoms with E-state index in [-0.39, 0.29) is 6.54 Å². The lowest BCUT2D eigenvalue weighted by molar-refractivity contribution is -0.138. The van der Waals surface area contributed by atoms with Gasteiger partial charge in [-0.3, -0.25) is 19.8 Å². The van der Waals surface area contributed by atoms with Crippen LogP contribution in [0.1, 0.15) is 18.4 Å². The van der Waals surface area contributed by atoms with E-state index in [2.05, 4.69) is 11.9 Å². The average molecular weight is 276 g/mol. The molecule has 0 spiro atoms. The smallest absolute Gasteiger partial charge is 0.277 e. The van der Waals surface area contributed by atoms with Crippen molar-refractivity contribution in [3.63, 3.8) is 0 Å². The fourth-order valence-electron chi connectivity index (χ4n) is 1.98. The number of carbonyl (C=O) groups is 3. The Morgan fingerprint density at radius 1 is 1.30 bits per heavy atom. The summed E-state index contributed by atoms with van der Waals surface area (Å²) in [4.78, 5) is 36.7. The minimum absolute atomic E-state index is 0.0373. The molecule has 1 aliphatic heterocycles. The fraction of sp³-hybridized carbons (Fsp3) is 0.214. The van der Waals surface area contributed by atoms with Crippen LogP contribution in [0.5, 0.6) is 0 Å². The van der Waals surface area contributed by atoms with E-state index in [0.29, 0.717) is 11.1 Å². The van der Waals surface area contributed by atoms with Crippen LogP contribution < -0.4 is 5.32 Å². The van der Waals surface area contributed by atoms with E-state index in [1.807, 2.05) is 0 Å². The first-order valence-electron chi connectivity index (χ1n) is 5.96. The topological polar surface area (TPSA) is 66.5 Å². The van der Waals surface area contributed by atoms with Gasteiger partial charge in [0.1, 0.15) is 11.7 Å². The molecule has 1 aromatic carbocycles. The standard InChI is InChI=1S/C14H13FN2O3/c1-8(2)7-17-13(19)11(12(18)16-14(17)20)9-3-5-10(15)6-4-9/h3-6,11H,1,7H2,2H3,(H,16,18,20). The number of amides is 4. The minimum atomic E-state index is -1.15. The van der Waals surface area contributed by atoms with Crippen LogP contribution in [-0.2, 0) is 9.59 Å². The van der Waals surface area contributed by atoms with Gasteiger partial charge in [0.25, 0.3) is 0 Å². The summed E-state index contributed by atoms with van der Waals surface area (Å²) < 4.78 is 12.9. The molecule has 6 heteroatoms. The molecule has 1 fully saturated rings. The zero-order valence-corrected chi connectivity index (χ0v) is 10.9. The van der Waals surface area contributed by atoms with E-state index in [1.165, 1.54) is 12.1 Å². The number of benzene rings is 1. The van der Waals surface area contributed by atoms with Crippen molar-refractivity contribution in [2.75, 3.05) is 6.54 Å². The van der Waals surface area contributed by atoms with E-state index in [1.54, 1.807) is 6.92 Å². The summed E-state index contributed by atoms with van der Waals surface area (Å²) in [5, 5.41) is 2.12. The number of rotatable bonds is 3. The molecule has 0 radical (unpaired) electrons. The van der Waals surface area contributed by atoms with E-state index in [0.717, 1.165) is 17.0 Å². The van der Waals surface area contributed by atoms with Gasteiger partial charge in [-0.15, -0.1) is 0 Å². The van der Waals surface area contributed by atoms with Gasteiger partial charge in [-0.25, -0.2) is 9.18 Å². The molecule has 1 heterocycles. The van der Waals surface area contributed by atoms with Crippen molar-refractivity contribution >= 4 is 17.8 Å². The van der Waals surface area contributed by atoms with Crippen molar-refractivity contribution in [2.24, 2.45) is 0 Å². The summed E-state index contributed by atoms with van der Waals surface area (Å²) in [5.41, 5.74) is 0.953. The Hall–Kier alpha value is -2.50. The molecular formula is C14H13FN2O3. The average Bonchev–Trinajstić information content (AvgIpc) is 2.36. The summed E-state index contributed by atoms with van der Waals surface area (Å²) in [6.07, 6.45) is 0. The Balaban J connectivity index is 2.34. The number of urea groups is 1. The molecule has 4 amide bonds. The lowest BCUT2D eigenvalue weighted by Crippen LogP contribution is -2.57. The highest BCUT2D eigenvalue weighted by Crippen LogP contribution is 2.23. The fourth-order valence-corrected chi connectivity index (χ4v) is 1.98. The molecule has 2 rings (SSSR count). The molecular weight excluding hydrogens is 263 g/mol. The zero-order valence-electron chi connectivity index (χ0n) is 10.9. The summed E-state index contributed by atoms with van der Waals surface area (Å²) >= 11 is 0. The lowest BCUT2D eigenvalue weighted by Gasteiger charge is -2.30. The van der Waals surface area contributed by atoms with E-state index < -0.39 is 29.6 Å². The van der Waals surface area contributed by atoms with Crippen molar-refractivity contribution in [1.29, 1.82) is 0 Å². The van der Waals surface area contributed by atoms with Crippen LogP contribution in [0.15, 0.2) is 36.4 Å². The molecule has 0 saturated carbocycles. The normalized spacial score (nSPS) is 19.0. The summed E-state index contributed by atoms with van der Waals surface area (Å²) in [6, 6.07) is 4.27. The highest BCUT2D eigenvalue weighted by molar-refractivity contribution is 6.19. The van der Waals surface area contributed by atoms with Crippen LogP contribution in [0, 0.1) is 5.82 Å². The lowest BCUT2D eigenvalue weighted by atomic mass is 9.95. The van der Waals surface area contributed by atoms with Gasteiger partial charge in [-0.2, -0.15) is 0 Å². The van der Waals surface area contributed by atoms with Gasteiger partial charge in [0.05, 0.1) is 6.54 Å². The highest BCUT2D eigenvalue weighted by Gasteiger charge is 2.41. The molecule has 0 aromatic heterocycles. The summed E-state index contributed by atoms with van der Waals surface area (Å²) in [5.74, 6) is -2.95. The van der Waals surface area contributed by atoms with Crippen LogP contribution in [0.25, 0.3) is 0 Å². The summed E-state index contributed by atoms with van der Waals surface area (Å²) in [6.45, 7) is 5.35. The van der Waals surface area contributed by atoms with Crippen molar-refractivity contribution in [2.45, 2.75) is 12.8 Å². The minimum Gasteiger partial charge on any atom is -0.277 e. The van der Waals surface area contributed by atoms with Crippen molar-refractivity contribution in [3.05, 3.63) is 47.8 Å². The second-order valence-corrected chi connectivity index (χ2v) is 4.66. The predicted octanol–water partition coefficient (Wildman–Crippen LogP) is 1.56. The first-order chi connectivity index (χ1) is 9.40. The molecule has 1 N–H and O–H groups in total. The first-order valence-corrected chi connectivity index (χ1v) is 5.96. The molecule has 0 aliphatic carbocycles. The van der Waals surface area contributed by atoms with Gasteiger partial charge in [0, 0.05) is 0 Å². The van der Waals surface area contributed by atoms with Crippen molar-refractivity contribution < 1.29 is 18.8 Å². The number of carbonyl (C=O) groups excluding carboxylic acids is 3. The molecule has 5 nitrogen and oxygen atoms in total. The number of halogens is 1. The van der Waals surface area contributed by atoms with Crippen molar-refractivity contribution in [3.8, 4) is 0 Å². The predicted molar refractivity (Wildman–Crippen MR) is 69.2 cm³/mol. The molecule has 1 aliphatic rings. The zero-order chi connectivity index (χ0) is 14.9. The monoisotopic (exact) mass is 276 g/mol. The molecule has 1 unspecified atom stereocenters. The van der Waals surface area contributed by atoms with E-state index in [9.17, 15) is 18.8 Å². The number of nitrogens with zero attached hydrogens (tertiary/aromatic N) is 1. The Labute approximate surface area is 115 Å². The van der Waals surface area contributed by atoms with Crippen LogP contribution in [0.2, 0.25) is 0 Å². The number of hydrogen-bond donors (Lipinski definition) is 1. The Bertz CT molecular complexity index is 595. The highest BCUT2D eigenvalue weighted by atomic mass is 19.1. The number of barbiturate groups is 1. The number of imide groups is 2. The van der Waals surface area contributed by atoms with Gasteiger partial charge >= 0.3 is 6.03 Å². The molecule has 0 bridgehead atoms. The molecule has 104 valence electrons. The maximum Gasteiger partial charge on any atom is 0.331 e. The maximum atomic E-state index is 12.9. The third-order valence-corrected chi connectivity index (χ3v) is 2.88. The largest absolute Gasteiger partial charge is 0.331 e. The first kappa shape index (κ1) is 13.9. The molecule has 1 saturated heterocycles. The Kier molecular flexibility index (Phi) is 3.65. The third-order valence-electron chi connectivity index (χ3n) is 2.88.